The van der Waals surface area contributed by atoms with Crippen molar-refractivity contribution >= 4 is 34.0 Å². The fourth-order valence-electron chi connectivity index (χ4n) is 2.05. The second-order valence-electron chi connectivity index (χ2n) is 4.46. The molecular formula is C15H13ClFN3O. The van der Waals surface area contributed by atoms with Gasteiger partial charge in [0.25, 0.3) is 0 Å². The Morgan fingerprint density at radius 2 is 2.19 bits per heavy atom. The van der Waals surface area contributed by atoms with E-state index in [9.17, 15) is 9.18 Å². The van der Waals surface area contributed by atoms with Gasteiger partial charge in [-0.05, 0) is 30.7 Å². The first-order valence-electron chi connectivity index (χ1n) is 6.03. The first kappa shape index (κ1) is 15.0. The molecule has 0 unspecified atom stereocenters. The maximum atomic E-state index is 14.1. The van der Waals surface area contributed by atoms with Gasteiger partial charge in [-0.1, -0.05) is 30.8 Å². The monoisotopic (exact) mass is 305 g/mol. The van der Waals surface area contributed by atoms with Crippen LogP contribution in [0.3, 0.4) is 0 Å². The van der Waals surface area contributed by atoms with Crippen molar-refractivity contribution in [3.8, 4) is 0 Å². The summed E-state index contributed by atoms with van der Waals surface area (Å²) in [5.74, 6) is -0.823. The highest BCUT2D eigenvalue weighted by Crippen LogP contribution is 2.28. The molecule has 0 saturated carbocycles. The van der Waals surface area contributed by atoms with E-state index < -0.39 is 11.5 Å². The van der Waals surface area contributed by atoms with Gasteiger partial charge in [-0.3, -0.25) is 4.57 Å². The van der Waals surface area contributed by atoms with Crippen LogP contribution in [0.1, 0.15) is 6.92 Å². The zero-order chi connectivity index (χ0) is 15.7. The second kappa shape index (κ2) is 5.54. The molecule has 1 aromatic heterocycles. The Morgan fingerprint density at radius 3 is 2.76 bits per heavy atom. The van der Waals surface area contributed by atoms with E-state index in [0.717, 1.165) is 6.07 Å². The first-order valence-corrected chi connectivity index (χ1v) is 6.41. The maximum Gasteiger partial charge on any atom is 0.354 e. The van der Waals surface area contributed by atoms with Gasteiger partial charge >= 0.3 is 5.69 Å². The third-order valence-electron chi connectivity index (χ3n) is 2.89. The first-order chi connectivity index (χ1) is 9.86. The van der Waals surface area contributed by atoms with Gasteiger partial charge in [0.05, 0.1) is 16.6 Å². The molecular weight excluding hydrogens is 293 g/mol. The predicted octanol–water partition coefficient (Wildman–Crippen LogP) is 3.37. The number of nitrogen functional groups attached to an aromatic ring is 1. The number of anilines is 1. The molecule has 0 aliphatic carbocycles. The van der Waals surface area contributed by atoms with Crippen molar-refractivity contribution in [2.24, 2.45) is 0 Å². The van der Waals surface area contributed by atoms with Crippen molar-refractivity contribution in [3.05, 3.63) is 64.3 Å². The Hall–Kier alpha value is -2.40. The molecule has 0 amide bonds. The van der Waals surface area contributed by atoms with Crippen LogP contribution >= 0.6 is 11.6 Å². The minimum atomic E-state index is -0.643. The zero-order valence-corrected chi connectivity index (χ0v) is 12.1. The van der Waals surface area contributed by atoms with Gasteiger partial charge in [0.2, 0.25) is 0 Å². The summed E-state index contributed by atoms with van der Waals surface area (Å²) in [4.78, 5) is 15.9. The number of nitrogens with zero attached hydrogens (tertiary/aromatic N) is 2. The molecule has 0 radical (unpaired) electrons. The molecule has 108 valence electrons. The Kier molecular flexibility index (Phi) is 3.95. The fourth-order valence-corrected chi connectivity index (χ4v) is 2.25. The van der Waals surface area contributed by atoms with E-state index in [1.165, 1.54) is 16.7 Å². The third kappa shape index (κ3) is 2.60. The summed E-state index contributed by atoms with van der Waals surface area (Å²) in [5, 5.41) is 0.189. The van der Waals surface area contributed by atoms with Gasteiger partial charge in [0.1, 0.15) is 11.6 Å². The van der Waals surface area contributed by atoms with Crippen molar-refractivity contribution < 1.29 is 4.39 Å². The van der Waals surface area contributed by atoms with E-state index in [4.69, 9.17) is 17.3 Å². The van der Waals surface area contributed by atoms with E-state index >= 15 is 0 Å². The third-order valence-corrected chi connectivity index (χ3v) is 3.11. The van der Waals surface area contributed by atoms with Crippen molar-refractivity contribution in [2.45, 2.75) is 6.92 Å². The van der Waals surface area contributed by atoms with E-state index in [-0.39, 0.29) is 21.7 Å². The highest BCUT2D eigenvalue weighted by molar-refractivity contribution is 6.31. The summed E-state index contributed by atoms with van der Waals surface area (Å²) in [6, 6.07) is 2.58. The number of fused-ring (bicyclic) bond motifs is 1. The van der Waals surface area contributed by atoms with Gasteiger partial charge in [0.15, 0.2) is 0 Å². The number of halogens is 2. The minimum Gasteiger partial charge on any atom is -0.383 e. The lowest BCUT2D eigenvalue weighted by Gasteiger charge is -2.14. The molecule has 2 N–H and O–H groups in total. The Balaban J connectivity index is 3.05. The van der Waals surface area contributed by atoms with E-state index in [0.29, 0.717) is 11.3 Å². The normalized spacial score (nSPS) is 11.7. The van der Waals surface area contributed by atoms with Crippen LogP contribution in [-0.4, -0.2) is 9.55 Å². The van der Waals surface area contributed by atoms with Crippen molar-refractivity contribution in [1.82, 2.24) is 9.55 Å². The summed E-state index contributed by atoms with van der Waals surface area (Å²) in [6.07, 6.45) is 3.08. The molecule has 0 bridgehead atoms. The highest BCUT2D eigenvalue weighted by atomic mass is 35.5. The quantitative estimate of drug-likeness (QED) is 0.884. The molecule has 1 heterocycles. The standard InChI is InChI=1S/C15H13ClFN3O/c1-4-5-11(8(2)3)20-12-7-9(16)6-10(17)13(12)14(18)19-15(20)21/h4-7H,1-2H2,3H3,(H2,18,19,21)/b11-5+. The van der Waals surface area contributed by atoms with E-state index in [1.54, 1.807) is 13.0 Å². The molecule has 0 atom stereocenters. The number of benzene rings is 1. The maximum absolute atomic E-state index is 14.1. The van der Waals surface area contributed by atoms with E-state index in [2.05, 4.69) is 18.1 Å². The van der Waals surface area contributed by atoms with Crippen LogP contribution in [0.5, 0.6) is 0 Å². The van der Waals surface area contributed by atoms with Crippen LogP contribution in [0.25, 0.3) is 16.6 Å². The lowest BCUT2D eigenvalue weighted by Crippen LogP contribution is -2.24. The molecule has 0 saturated heterocycles. The van der Waals surface area contributed by atoms with Crippen LogP contribution < -0.4 is 11.4 Å². The Bertz CT molecular complexity index is 852. The second-order valence-corrected chi connectivity index (χ2v) is 4.90. The molecule has 2 rings (SSSR count). The number of allylic oxidation sites excluding steroid dienone is 4. The van der Waals surface area contributed by atoms with Crippen LogP contribution in [0.4, 0.5) is 10.2 Å². The van der Waals surface area contributed by atoms with Crippen LogP contribution in [-0.2, 0) is 0 Å². The summed E-state index contributed by atoms with van der Waals surface area (Å²) >= 11 is 5.88. The lowest BCUT2D eigenvalue weighted by molar-refractivity contribution is 0.639. The smallest absolute Gasteiger partial charge is 0.354 e. The predicted molar refractivity (Wildman–Crippen MR) is 84.7 cm³/mol. The lowest BCUT2D eigenvalue weighted by atomic mass is 10.1. The van der Waals surface area contributed by atoms with Crippen LogP contribution in [0.2, 0.25) is 5.02 Å². The van der Waals surface area contributed by atoms with Gasteiger partial charge in [-0.2, -0.15) is 4.98 Å². The van der Waals surface area contributed by atoms with Crippen molar-refractivity contribution in [3.63, 3.8) is 0 Å². The van der Waals surface area contributed by atoms with Crippen molar-refractivity contribution in [2.75, 3.05) is 5.73 Å². The number of hydrogen-bond donors (Lipinski definition) is 1. The summed E-state index contributed by atoms with van der Waals surface area (Å²) < 4.78 is 15.3. The molecule has 4 nitrogen and oxygen atoms in total. The molecule has 21 heavy (non-hydrogen) atoms. The molecule has 6 heteroatoms. The molecule has 0 aliphatic heterocycles. The van der Waals surface area contributed by atoms with Gasteiger partial charge < -0.3 is 5.73 Å². The highest BCUT2D eigenvalue weighted by Gasteiger charge is 2.16. The summed E-state index contributed by atoms with van der Waals surface area (Å²) in [6.45, 7) is 9.11. The van der Waals surface area contributed by atoms with Crippen LogP contribution in [0.15, 0.2) is 47.8 Å². The molecule has 0 fully saturated rings. The summed E-state index contributed by atoms with van der Waals surface area (Å²) in [5.41, 5.74) is 6.27. The molecule has 1 aromatic carbocycles. The number of hydrogen-bond acceptors (Lipinski definition) is 3. The molecule has 2 aromatic rings. The number of nitrogens with two attached hydrogens (primary N) is 1. The number of rotatable bonds is 3. The van der Waals surface area contributed by atoms with Gasteiger partial charge in [0, 0.05) is 5.02 Å². The van der Waals surface area contributed by atoms with Crippen molar-refractivity contribution in [1.29, 1.82) is 0 Å². The largest absolute Gasteiger partial charge is 0.383 e. The molecule has 0 spiro atoms. The minimum absolute atomic E-state index is 0.0372. The van der Waals surface area contributed by atoms with Gasteiger partial charge in [-0.15, -0.1) is 0 Å². The van der Waals surface area contributed by atoms with Crippen LogP contribution in [0, 0.1) is 5.82 Å². The van der Waals surface area contributed by atoms with E-state index in [1.807, 2.05) is 0 Å². The molecule has 0 aliphatic rings. The Morgan fingerprint density at radius 1 is 1.52 bits per heavy atom. The Labute approximate surface area is 125 Å². The SMILES string of the molecule is C=C/C=C(\C(=C)C)n1c(=O)nc(N)c2c(F)cc(Cl)cc21. The van der Waals surface area contributed by atoms with Gasteiger partial charge in [-0.25, -0.2) is 9.18 Å². The average Bonchev–Trinajstić information content (AvgIpc) is 2.35. The zero-order valence-electron chi connectivity index (χ0n) is 11.4. The fraction of sp³-hybridized carbons (Fsp3) is 0.0667. The summed E-state index contributed by atoms with van der Waals surface area (Å²) in [7, 11) is 0. The number of aromatic nitrogens is 2. The average molecular weight is 306 g/mol. The topological polar surface area (TPSA) is 60.9 Å².